The maximum absolute atomic E-state index is 13.8. The largest absolute Gasteiger partial charge is 0.351 e. The summed E-state index contributed by atoms with van der Waals surface area (Å²) >= 11 is 7.45. The van der Waals surface area contributed by atoms with E-state index < -0.39 is 5.82 Å². The van der Waals surface area contributed by atoms with Crippen molar-refractivity contribution >= 4 is 28.8 Å². The van der Waals surface area contributed by atoms with E-state index in [9.17, 15) is 9.18 Å². The van der Waals surface area contributed by atoms with Gasteiger partial charge in [0.1, 0.15) is 10.8 Å². The van der Waals surface area contributed by atoms with Gasteiger partial charge >= 0.3 is 0 Å². The highest BCUT2D eigenvalue weighted by molar-refractivity contribution is 7.15. The molecule has 0 fully saturated rings. The first-order chi connectivity index (χ1) is 12.0. The van der Waals surface area contributed by atoms with E-state index in [-0.39, 0.29) is 22.9 Å². The molecule has 0 aliphatic carbocycles. The number of hydrogen-bond donors (Lipinski definition) is 1. The molecule has 0 spiro atoms. The highest BCUT2D eigenvalue weighted by atomic mass is 35.5. The zero-order valence-corrected chi connectivity index (χ0v) is 15.0. The molecule has 3 rings (SSSR count). The number of benzene rings is 1. The lowest BCUT2D eigenvalue weighted by Crippen LogP contribution is -2.25. The highest BCUT2D eigenvalue weighted by Crippen LogP contribution is 2.27. The van der Waals surface area contributed by atoms with Crippen molar-refractivity contribution < 1.29 is 9.18 Å². The number of nitrogens with zero attached hydrogens (tertiary/aromatic N) is 2. The van der Waals surface area contributed by atoms with Crippen LogP contribution in [0.5, 0.6) is 0 Å². The third-order valence-corrected chi connectivity index (χ3v) is 5.21. The van der Waals surface area contributed by atoms with Crippen LogP contribution in [-0.2, 0) is 17.8 Å². The van der Waals surface area contributed by atoms with Crippen LogP contribution in [0.25, 0.3) is 10.6 Å². The van der Waals surface area contributed by atoms with Gasteiger partial charge in [-0.25, -0.2) is 9.37 Å². The minimum absolute atomic E-state index is 0.0984. The maximum atomic E-state index is 13.8. The van der Waals surface area contributed by atoms with E-state index in [0.29, 0.717) is 6.54 Å². The Balaban J connectivity index is 1.66. The molecule has 4 nitrogen and oxygen atoms in total. The van der Waals surface area contributed by atoms with Gasteiger partial charge in [-0.05, 0) is 31.2 Å². The van der Waals surface area contributed by atoms with Gasteiger partial charge in [0.25, 0.3) is 0 Å². The normalized spacial score (nSPS) is 10.7. The third-order valence-electron chi connectivity index (χ3n) is 3.65. The van der Waals surface area contributed by atoms with Crippen molar-refractivity contribution in [2.45, 2.75) is 19.9 Å². The first kappa shape index (κ1) is 17.5. The minimum atomic E-state index is -0.476. The molecule has 25 heavy (non-hydrogen) atoms. The van der Waals surface area contributed by atoms with Gasteiger partial charge in [0.2, 0.25) is 5.91 Å². The number of hydrogen-bond acceptors (Lipinski definition) is 4. The Kier molecular flexibility index (Phi) is 5.40. The van der Waals surface area contributed by atoms with Crippen molar-refractivity contribution in [1.82, 2.24) is 15.3 Å². The molecule has 1 aromatic carbocycles. The molecule has 0 unspecified atom stereocenters. The fraction of sp³-hybridized carbons (Fsp3) is 0.167. The van der Waals surface area contributed by atoms with Crippen LogP contribution in [0.3, 0.4) is 0 Å². The quantitative estimate of drug-likeness (QED) is 0.728. The van der Waals surface area contributed by atoms with E-state index in [2.05, 4.69) is 15.3 Å². The zero-order chi connectivity index (χ0) is 17.8. The second-order valence-corrected chi connectivity index (χ2v) is 6.91. The van der Waals surface area contributed by atoms with Gasteiger partial charge < -0.3 is 5.32 Å². The summed E-state index contributed by atoms with van der Waals surface area (Å²) in [5.41, 5.74) is 2.00. The molecule has 0 aliphatic rings. The van der Waals surface area contributed by atoms with Crippen LogP contribution in [0.15, 0.2) is 42.7 Å². The molecule has 0 bridgehead atoms. The smallest absolute Gasteiger partial charge is 0.224 e. The van der Waals surface area contributed by atoms with Crippen LogP contribution in [0.2, 0.25) is 5.02 Å². The monoisotopic (exact) mass is 375 g/mol. The summed E-state index contributed by atoms with van der Waals surface area (Å²) in [6.07, 6.45) is 3.36. The number of aromatic nitrogens is 2. The molecule has 0 saturated heterocycles. The van der Waals surface area contributed by atoms with Crippen LogP contribution in [0.4, 0.5) is 4.39 Å². The van der Waals surface area contributed by atoms with E-state index in [4.69, 9.17) is 11.6 Å². The predicted molar refractivity (Wildman–Crippen MR) is 97.0 cm³/mol. The summed E-state index contributed by atoms with van der Waals surface area (Å²) in [6.45, 7) is 2.24. The molecule has 0 atom stereocenters. The van der Waals surface area contributed by atoms with E-state index in [1.807, 2.05) is 19.1 Å². The number of amides is 1. The third kappa shape index (κ3) is 4.21. The summed E-state index contributed by atoms with van der Waals surface area (Å²) in [6, 6.07) is 8.17. The van der Waals surface area contributed by atoms with E-state index >= 15 is 0 Å². The zero-order valence-electron chi connectivity index (χ0n) is 13.4. The summed E-state index contributed by atoms with van der Waals surface area (Å²) < 4.78 is 13.8. The molecule has 1 N–H and O–H groups in total. The van der Waals surface area contributed by atoms with Crippen molar-refractivity contribution in [3.8, 4) is 10.6 Å². The molecule has 128 valence electrons. The van der Waals surface area contributed by atoms with Crippen molar-refractivity contribution in [3.63, 3.8) is 0 Å². The van der Waals surface area contributed by atoms with E-state index in [1.54, 1.807) is 18.5 Å². The molecular weight excluding hydrogens is 361 g/mol. The average Bonchev–Trinajstić information content (AvgIpc) is 2.98. The number of rotatable bonds is 5. The first-order valence-electron chi connectivity index (χ1n) is 7.61. The highest BCUT2D eigenvalue weighted by Gasteiger charge is 2.14. The summed E-state index contributed by atoms with van der Waals surface area (Å²) in [5.74, 6) is -0.766. The fourth-order valence-corrected chi connectivity index (χ4v) is 3.53. The lowest BCUT2D eigenvalue weighted by Gasteiger charge is -2.07. The van der Waals surface area contributed by atoms with E-state index in [0.717, 1.165) is 21.1 Å². The Labute approximate surface area is 153 Å². The van der Waals surface area contributed by atoms with Crippen LogP contribution in [0, 0.1) is 12.7 Å². The average molecular weight is 376 g/mol. The Morgan fingerprint density at radius 1 is 1.32 bits per heavy atom. The second-order valence-electron chi connectivity index (χ2n) is 5.42. The Hall–Kier alpha value is -2.31. The van der Waals surface area contributed by atoms with E-state index in [1.165, 1.54) is 23.5 Å². The molecule has 0 saturated carbocycles. The van der Waals surface area contributed by atoms with Crippen molar-refractivity contribution in [2.75, 3.05) is 0 Å². The topological polar surface area (TPSA) is 54.9 Å². The van der Waals surface area contributed by atoms with Crippen molar-refractivity contribution in [3.05, 3.63) is 69.7 Å². The van der Waals surface area contributed by atoms with Crippen LogP contribution < -0.4 is 5.32 Å². The summed E-state index contributed by atoms with van der Waals surface area (Å²) in [5, 5.41) is 3.90. The maximum Gasteiger partial charge on any atom is 0.224 e. The van der Waals surface area contributed by atoms with Gasteiger partial charge in [-0.15, -0.1) is 11.3 Å². The molecule has 1 amide bonds. The number of pyridine rings is 1. The van der Waals surface area contributed by atoms with Crippen LogP contribution >= 0.6 is 22.9 Å². The van der Waals surface area contributed by atoms with Crippen molar-refractivity contribution in [2.24, 2.45) is 0 Å². The van der Waals surface area contributed by atoms with Gasteiger partial charge in [-0.3, -0.25) is 9.78 Å². The Bertz CT molecular complexity index is 878. The molecule has 0 aliphatic heterocycles. The Morgan fingerprint density at radius 2 is 2.16 bits per heavy atom. The van der Waals surface area contributed by atoms with Crippen molar-refractivity contribution in [1.29, 1.82) is 0 Å². The SMILES string of the molecule is Cc1nc(-c2cccnc2)sc1CNC(=O)Cc1c(F)cccc1Cl. The second kappa shape index (κ2) is 7.72. The number of carbonyl (C=O) groups excluding carboxylic acids is 1. The fourth-order valence-electron chi connectivity index (χ4n) is 2.31. The number of halogens is 2. The van der Waals surface area contributed by atoms with Gasteiger partial charge in [-0.2, -0.15) is 0 Å². The molecule has 7 heteroatoms. The lowest BCUT2D eigenvalue weighted by molar-refractivity contribution is -0.120. The van der Waals surface area contributed by atoms with Gasteiger partial charge in [0.05, 0.1) is 18.7 Å². The number of nitrogens with one attached hydrogen (secondary N) is 1. The first-order valence-corrected chi connectivity index (χ1v) is 8.80. The van der Waals surface area contributed by atoms with Crippen LogP contribution in [-0.4, -0.2) is 15.9 Å². The Morgan fingerprint density at radius 3 is 2.88 bits per heavy atom. The molecule has 2 aromatic heterocycles. The molecule has 2 heterocycles. The molecular formula is C18H15ClFN3OS. The molecule has 0 radical (unpaired) electrons. The summed E-state index contributed by atoms with van der Waals surface area (Å²) in [7, 11) is 0. The minimum Gasteiger partial charge on any atom is -0.351 e. The predicted octanol–water partition coefficient (Wildman–Crippen LogP) is 4.16. The number of aryl methyl sites for hydroxylation is 1. The van der Waals surface area contributed by atoms with Gasteiger partial charge in [0, 0.05) is 33.4 Å². The van der Waals surface area contributed by atoms with Crippen LogP contribution in [0.1, 0.15) is 16.1 Å². The molecule has 3 aromatic rings. The lowest BCUT2D eigenvalue weighted by atomic mass is 10.1. The van der Waals surface area contributed by atoms with Gasteiger partial charge in [-0.1, -0.05) is 17.7 Å². The number of thiazole rings is 1. The summed E-state index contributed by atoms with van der Waals surface area (Å²) in [4.78, 5) is 21.7. The number of carbonyl (C=O) groups is 1. The van der Waals surface area contributed by atoms with Gasteiger partial charge in [0.15, 0.2) is 0 Å². The standard InChI is InChI=1S/C18H15ClFN3OS/c1-11-16(25-18(23-11)12-4-3-7-21-9-12)10-22-17(24)8-13-14(19)5-2-6-15(13)20/h2-7,9H,8,10H2,1H3,(H,22,24).